The van der Waals surface area contributed by atoms with Gasteiger partial charge in [0.2, 0.25) is 0 Å². The fourth-order valence-corrected chi connectivity index (χ4v) is 5.75. The molecule has 2 fully saturated rings. The van der Waals surface area contributed by atoms with Gasteiger partial charge in [0.15, 0.2) is 6.10 Å². The molecule has 5 heteroatoms. The lowest BCUT2D eigenvalue weighted by Gasteiger charge is -2.50. The van der Waals surface area contributed by atoms with E-state index < -0.39 is 17.3 Å². The highest BCUT2D eigenvalue weighted by Crippen LogP contribution is 2.61. The Kier molecular flexibility index (Phi) is 5.59. The highest BCUT2D eigenvalue weighted by Gasteiger charge is 2.69. The molecule has 1 aromatic rings. The van der Waals surface area contributed by atoms with Gasteiger partial charge in [-0.3, -0.25) is 4.79 Å². The van der Waals surface area contributed by atoms with Crippen LogP contribution < -0.4 is 0 Å². The summed E-state index contributed by atoms with van der Waals surface area (Å²) < 4.78 is 18.7. The van der Waals surface area contributed by atoms with E-state index in [1.54, 1.807) is 6.08 Å². The second-order valence-corrected chi connectivity index (χ2v) is 9.59. The van der Waals surface area contributed by atoms with Gasteiger partial charge in [-0.2, -0.15) is 0 Å². The van der Waals surface area contributed by atoms with Gasteiger partial charge in [-0.15, -0.1) is 0 Å². The number of allylic oxidation sites excluding steroid dienone is 1. The summed E-state index contributed by atoms with van der Waals surface area (Å²) in [5.74, 6) is -0.545. The average molecular weight is 425 g/mol. The van der Waals surface area contributed by atoms with Crippen molar-refractivity contribution in [1.82, 2.24) is 0 Å². The summed E-state index contributed by atoms with van der Waals surface area (Å²) in [5, 5.41) is 0. The minimum atomic E-state index is -0.720. The topological polar surface area (TPSA) is 61.8 Å². The van der Waals surface area contributed by atoms with E-state index in [1.165, 1.54) is 24.1 Å². The molecule has 4 rings (SSSR count). The van der Waals surface area contributed by atoms with Gasteiger partial charge in [-0.1, -0.05) is 49.8 Å². The van der Waals surface area contributed by atoms with E-state index >= 15 is 0 Å². The van der Waals surface area contributed by atoms with Gasteiger partial charge >= 0.3 is 11.9 Å². The smallest absolute Gasteiger partial charge is 0.331 e. The van der Waals surface area contributed by atoms with Crippen molar-refractivity contribution in [3.63, 3.8) is 0 Å². The van der Waals surface area contributed by atoms with E-state index in [2.05, 4.69) is 27.7 Å². The first kappa shape index (κ1) is 21.8. The van der Waals surface area contributed by atoms with Gasteiger partial charge in [-0.05, 0) is 49.8 Å². The maximum Gasteiger partial charge on any atom is 0.331 e. The highest BCUT2D eigenvalue weighted by atomic mass is 16.6. The molecule has 0 N–H and O–H groups in total. The second-order valence-electron chi connectivity index (χ2n) is 9.59. The zero-order chi connectivity index (χ0) is 22.4. The van der Waals surface area contributed by atoms with Crippen LogP contribution in [0.1, 0.15) is 59.4 Å². The Morgan fingerprint density at radius 2 is 1.90 bits per heavy atom. The monoisotopic (exact) mass is 424 g/mol. The standard InChI is InChI=1S/C26H32O5/c1-16(2)26-15-21(29-18(4)27)25(5,31-26)20-13-11-17(3)23(20)24(26)30-22(28)14-12-19-9-7-6-8-10-19/h6-10,12,14,16,20-21,24H,11,13,15H2,1-5H3/t20-,21-,24+,25+,26-/m1/s1. The number of hydrogen-bond donors (Lipinski definition) is 0. The van der Waals surface area contributed by atoms with Crippen LogP contribution in [0.4, 0.5) is 0 Å². The molecule has 0 spiro atoms. The number of carbonyl (C=O) groups is 2. The Morgan fingerprint density at radius 3 is 2.55 bits per heavy atom. The average Bonchev–Trinajstić information content (AvgIpc) is 3.23. The molecule has 0 aromatic heterocycles. The number of fused-ring (bicyclic) bond motifs is 4. The highest BCUT2D eigenvalue weighted by molar-refractivity contribution is 5.87. The Morgan fingerprint density at radius 1 is 1.19 bits per heavy atom. The molecule has 2 saturated heterocycles. The van der Waals surface area contributed by atoms with E-state index in [4.69, 9.17) is 14.2 Å². The summed E-state index contributed by atoms with van der Waals surface area (Å²) in [4.78, 5) is 24.7. The lowest BCUT2D eigenvalue weighted by Crippen LogP contribution is -2.58. The van der Waals surface area contributed by atoms with E-state index in [1.807, 2.05) is 30.3 Å². The Balaban J connectivity index is 1.69. The van der Waals surface area contributed by atoms with E-state index in [0.29, 0.717) is 6.42 Å². The number of ether oxygens (including phenoxy) is 3. The van der Waals surface area contributed by atoms with Crippen LogP contribution in [0.15, 0.2) is 47.6 Å². The van der Waals surface area contributed by atoms with Crippen molar-refractivity contribution in [3.8, 4) is 0 Å². The van der Waals surface area contributed by atoms with Crippen molar-refractivity contribution in [3.05, 3.63) is 53.1 Å². The van der Waals surface area contributed by atoms with E-state index in [0.717, 1.165) is 18.4 Å². The molecule has 166 valence electrons. The van der Waals surface area contributed by atoms with Crippen LogP contribution >= 0.6 is 0 Å². The predicted molar refractivity (Wildman–Crippen MR) is 118 cm³/mol. The maximum absolute atomic E-state index is 12.9. The molecule has 2 heterocycles. The van der Waals surface area contributed by atoms with Gasteiger partial charge in [0, 0.05) is 25.3 Å². The summed E-state index contributed by atoms with van der Waals surface area (Å²) in [6.07, 6.45) is 4.78. The third-order valence-electron chi connectivity index (χ3n) is 7.38. The van der Waals surface area contributed by atoms with Crippen molar-refractivity contribution in [2.45, 2.75) is 77.3 Å². The van der Waals surface area contributed by atoms with Crippen LogP contribution in [0.5, 0.6) is 0 Å². The molecule has 2 aliphatic heterocycles. The third-order valence-corrected chi connectivity index (χ3v) is 7.38. The molecule has 0 radical (unpaired) electrons. The molecule has 2 bridgehead atoms. The van der Waals surface area contributed by atoms with Gasteiger partial charge in [0.25, 0.3) is 0 Å². The fraction of sp³-hybridized carbons (Fsp3) is 0.538. The van der Waals surface area contributed by atoms with Crippen LogP contribution in [0.25, 0.3) is 6.08 Å². The van der Waals surface area contributed by atoms with Crippen molar-refractivity contribution in [1.29, 1.82) is 0 Å². The van der Waals surface area contributed by atoms with Crippen molar-refractivity contribution in [2.24, 2.45) is 11.8 Å². The van der Waals surface area contributed by atoms with Gasteiger partial charge < -0.3 is 14.2 Å². The summed E-state index contributed by atoms with van der Waals surface area (Å²) in [6, 6.07) is 9.68. The Hall–Kier alpha value is -2.40. The van der Waals surface area contributed by atoms with Gasteiger partial charge in [0.1, 0.15) is 17.3 Å². The lowest BCUT2D eigenvalue weighted by atomic mass is 9.74. The van der Waals surface area contributed by atoms with Crippen LogP contribution in [0.3, 0.4) is 0 Å². The number of carbonyl (C=O) groups excluding carboxylic acids is 2. The zero-order valence-electron chi connectivity index (χ0n) is 19.0. The van der Waals surface area contributed by atoms with Crippen LogP contribution in [-0.4, -0.2) is 35.3 Å². The van der Waals surface area contributed by atoms with Crippen LogP contribution in [0.2, 0.25) is 0 Å². The molecule has 0 saturated carbocycles. The quantitative estimate of drug-likeness (QED) is 0.384. The number of benzene rings is 1. The maximum atomic E-state index is 12.9. The summed E-state index contributed by atoms with van der Waals surface area (Å²) in [7, 11) is 0. The van der Waals surface area contributed by atoms with Gasteiger partial charge in [0.05, 0.1) is 0 Å². The van der Waals surface area contributed by atoms with E-state index in [9.17, 15) is 9.59 Å². The summed E-state index contributed by atoms with van der Waals surface area (Å²) >= 11 is 0. The Labute approximate surface area is 184 Å². The fourth-order valence-electron chi connectivity index (χ4n) is 5.75. The van der Waals surface area contributed by atoms with Crippen molar-refractivity contribution >= 4 is 18.0 Å². The van der Waals surface area contributed by atoms with E-state index in [-0.39, 0.29) is 29.9 Å². The van der Waals surface area contributed by atoms with Crippen LogP contribution in [-0.2, 0) is 23.8 Å². The SMILES string of the molecule is CC(=O)O[C@@H]1C[C@]2(C(C)C)O[C@@]1(C)[C@@H]1CCC(C)=C1[C@@H]2OC(=O)C=Cc1ccccc1. The normalized spacial score (nSPS) is 34.3. The minimum Gasteiger partial charge on any atom is -0.459 e. The molecule has 0 unspecified atom stereocenters. The van der Waals surface area contributed by atoms with Crippen molar-refractivity contribution in [2.75, 3.05) is 0 Å². The van der Waals surface area contributed by atoms with Crippen LogP contribution in [0, 0.1) is 11.8 Å². The molecule has 5 atom stereocenters. The summed E-state index contributed by atoms with van der Waals surface area (Å²) in [5.41, 5.74) is 2.04. The lowest BCUT2D eigenvalue weighted by molar-refractivity contribution is -0.222. The first-order valence-corrected chi connectivity index (χ1v) is 11.2. The molecule has 1 aliphatic carbocycles. The minimum absolute atomic E-state index is 0.0714. The Bertz CT molecular complexity index is 930. The molecule has 3 aliphatic rings. The van der Waals surface area contributed by atoms with Gasteiger partial charge in [-0.25, -0.2) is 4.79 Å². The second kappa shape index (κ2) is 7.94. The number of rotatable bonds is 5. The molecular formula is C26H32O5. The first-order chi connectivity index (χ1) is 14.7. The number of hydrogen-bond acceptors (Lipinski definition) is 5. The largest absolute Gasteiger partial charge is 0.459 e. The van der Waals surface area contributed by atoms with Crippen molar-refractivity contribution < 1.29 is 23.8 Å². The molecule has 0 amide bonds. The zero-order valence-corrected chi connectivity index (χ0v) is 19.0. The molecule has 31 heavy (non-hydrogen) atoms. The summed E-state index contributed by atoms with van der Waals surface area (Å²) in [6.45, 7) is 9.79. The first-order valence-electron chi connectivity index (χ1n) is 11.2. The molecule has 5 nitrogen and oxygen atoms in total. The number of esters is 2. The molecule has 1 aromatic carbocycles. The molecular weight excluding hydrogens is 392 g/mol. The third kappa shape index (κ3) is 3.63. The predicted octanol–water partition coefficient (Wildman–Crippen LogP) is 4.86.